The fourth-order valence-electron chi connectivity index (χ4n) is 2.78. The summed E-state index contributed by atoms with van der Waals surface area (Å²) in [6, 6.07) is 0. The standard InChI is InChI=1S/C12H16N8O3S/c13-9-6-10(15-2-14-9)20(4-17-6)11-8(22)7(21)5(23-11)1-24-12-16-3-18-19-12/h2-3,5,7-8,11,17,21-22H,1,4H2,(H2,13,14,15)(H,16,18,19)/t5-,7-,8-,11?/m1/s1. The van der Waals surface area contributed by atoms with Gasteiger partial charge in [0.15, 0.2) is 23.0 Å². The van der Waals surface area contributed by atoms with E-state index in [2.05, 4.69) is 30.5 Å². The topological polar surface area (TPSA) is 158 Å². The summed E-state index contributed by atoms with van der Waals surface area (Å²) in [5.74, 6) is 1.29. The Labute approximate surface area is 140 Å². The highest BCUT2D eigenvalue weighted by Crippen LogP contribution is 2.37. The molecule has 0 amide bonds. The second-order valence-corrected chi connectivity index (χ2v) is 6.42. The van der Waals surface area contributed by atoms with Gasteiger partial charge in [0, 0.05) is 5.75 Å². The number of fused-ring (bicyclic) bond motifs is 1. The average Bonchev–Trinajstić information content (AvgIpc) is 3.28. The fraction of sp³-hybridized carbons (Fsp3) is 0.500. The zero-order valence-electron chi connectivity index (χ0n) is 12.4. The smallest absolute Gasteiger partial charge is 0.183 e. The highest BCUT2D eigenvalue weighted by molar-refractivity contribution is 7.99. The molecule has 2 aromatic rings. The maximum atomic E-state index is 10.4. The van der Waals surface area contributed by atoms with Crippen LogP contribution in [0.4, 0.5) is 17.3 Å². The number of thioether (sulfide) groups is 1. The Morgan fingerprint density at radius 2 is 2.17 bits per heavy atom. The summed E-state index contributed by atoms with van der Waals surface area (Å²) in [6.07, 6.45) is -0.624. The molecule has 128 valence electrons. The lowest BCUT2D eigenvalue weighted by molar-refractivity contribution is 0.0171. The number of nitrogen functional groups attached to an aromatic ring is 1. The van der Waals surface area contributed by atoms with Crippen LogP contribution in [0.5, 0.6) is 0 Å². The molecule has 2 aromatic heterocycles. The minimum Gasteiger partial charge on any atom is -0.387 e. The van der Waals surface area contributed by atoms with Gasteiger partial charge in [-0.3, -0.25) is 5.10 Å². The first kappa shape index (κ1) is 15.4. The minimum absolute atomic E-state index is 0.327. The molecule has 0 aromatic carbocycles. The van der Waals surface area contributed by atoms with E-state index in [4.69, 9.17) is 10.5 Å². The molecule has 0 spiro atoms. The maximum absolute atomic E-state index is 10.4. The highest BCUT2D eigenvalue weighted by Gasteiger charge is 2.47. The van der Waals surface area contributed by atoms with E-state index in [0.29, 0.717) is 34.9 Å². The average molecular weight is 352 g/mol. The molecule has 12 heteroatoms. The summed E-state index contributed by atoms with van der Waals surface area (Å²) >= 11 is 1.36. The van der Waals surface area contributed by atoms with Crippen LogP contribution in [0, 0.1) is 0 Å². The van der Waals surface area contributed by atoms with Crippen molar-refractivity contribution in [1.29, 1.82) is 0 Å². The number of nitrogens with one attached hydrogen (secondary N) is 2. The molecule has 4 atom stereocenters. The summed E-state index contributed by atoms with van der Waals surface area (Å²) < 4.78 is 5.87. The van der Waals surface area contributed by atoms with Gasteiger partial charge in [-0.25, -0.2) is 15.0 Å². The monoisotopic (exact) mass is 352 g/mol. The number of anilines is 3. The molecule has 11 nitrogen and oxygen atoms in total. The Kier molecular flexibility index (Phi) is 3.88. The van der Waals surface area contributed by atoms with Crippen LogP contribution in [-0.4, -0.2) is 72.3 Å². The molecular formula is C12H16N8O3S. The number of nitrogens with two attached hydrogens (primary N) is 1. The number of hydrogen-bond acceptors (Lipinski definition) is 11. The van der Waals surface area contributed by atoms with Crippen LogP contribution in [0.25, 0.3) is 0 Å². The molecule has 2 aliphatic heterocycles. The van der Waals surface area contributed by atoms with E-state index in [-0.39, 0.29) is 0 Å². The molecule has 0 radical (unpaired) electrons. The summed E-state index contributed by atoms with van der Waals surface area (Å²) in [7, 11) is 0. The van der Waals surface area contributed by atoms with Crippen LogP contribution in [-0.2, 0) is 4.74 Å². The Hall–Kier alpha value is -2.15. The molecular weight excluding hydrogens is 336 g/mol. The van der Waals surface area contributed by atoms with Crippen molar-refractivity contribution in [3.63, 3.8) is 0 Å². The van der Waals surface area contributed by atoms with Gasteiger partial charge in [0.1, 0.15) is 30.5 Å². The van der Waals surface area contributed by atoms with Crippen molar-refractivity contribution in [3.05, 3.63) is 12.7 Å². The van der Waals surface area contributed by atoms with Gasteiger partial charge >= 0.3 is 0 Å². The van der Waals surface area contributed by atoms with Gasteiger partial charge in [-0.05, 0) is 0 Å². The van der Waals surface area contributed by atoms with Crippen molar-refractivity contribution >= 4 is 29.1 Å². The van der Waals surface area contributed by atoms with Gasteiger partial charge in [-0.15, -0.1) is 0 Å². The summed E-state index contributed by atoms with van der Waals surface area (Å²) in [4.78, 5) is 13.8. The first-order valence-electron chi connectivity index (χ1n) is 7.26. The number of aliphatic hydroxyl groups is 2. The van der Waals surface area contributed by atoms with Gasteiger partial charge in [0.25, 0.3) is 0 Å². The molecule has 1 unspecified atom stereocenters. The molecule has 6 N–H and O–H groups in total. The molecule has 0 bridgehead atoms. The van der Waals surface area contributed by atoms with Crippen LogP contribution in [0.2, 0.25) is 0 Å². The first-order valence-corrected chi connectivity index (χ1v) is 8.24. The Morgan fingerprint density at radius 1 is 1.29 bits per heavy atom. The second-order valence-electron chi connectivity index (χ2n) is 5.41. The summed E-state index contributed by atoms with van der Waals surface area (Å²) in [5.41, 5.74) is 6.41. The van der Waals surface area contributed by atoms with Crippen molar-refractivity contribution in [2.45, 2.75) is 29.7 Å². The molecule has 1 saturated heterocycles. The number of aromatic amines is 1. The molecule has 4 heterocycles. The molecule has 1 fully saturated rings. The second kappa shape index (κ2) is 6.05. The normalized spacial score (nSPS) is 28.8. The zero-order valence-corrected chi connectivity index (χ0v) is 13.2. The predicted octanol–water partition coefficient (Wildman–Crippen LogP) is -1.39. The van der Waals surface area contributed by atoms with Crippen molar-refractivity contribution in [2.24, 2.45) is 0 Å². The van der Waals surface area contributed by atoms with Gasteiger partial charge in [0.2, 0.25) is 0 Å². The zero-order chi connectivity index (χ0) is 16.7. The van der Waals surface area contributed by atoms with Gasteiger partial charge in [-0.1, -0.05) is 11.8 Å². The number of aliphatic hydroxyl groups excluding tert-OH is 2. The number of nitrogens with zero attached hydrogens (tertiary/aromatic N) is 5. The van der Waals surface area contributed by atoms with Gasteiger partial charge in [-0.2, -0.15) is 5.10 Å². The van der Waals surface area contributed by atoms with Gasteiger partial charge in [0.05, 0.1) is 12.8 Å². The lowest BCUT2D eigenvalue weighted by atomic mass is 10.1. The largest absolute Gasteiger partial charge is 0.387 e. The molecule has 4 rings (SSSR count). The SMILES string of the molecule is Nc1ncnc2c1NCN2C1O[C@H](CSc2ncn[nH]2)[C@@H](O)[C@H]1O. The van der Waals surface area contributed by atoms with Crippen LogP contribution < -0.4 is 16.0 Å². The predicted molar refractivity (Wildman–Crippen MR) is 85.2 cm³/mol. The van der Waals surface area contributed by atoms with Crippen LogP contribution in [0.3, 0.4) is 0 Å². The Morgan fingerprint density at radius 3 is 2.96 bits per heavy atom. The highest BCUT2D eigenvalue weighted by atomic mass is 32.2. The van der Waals surface area contributed by atoms with Crippen molar-refractivity contribution in [3.8, 4) is 0 Å². The van der Waals surface area contributed by atoms with E-state index in [1.165, 1.54) is 24.4 Å². The summed E-state index contributed by atoms with van der Waals surface area (Å²) in [6.45, 7) is 0.356. The van der Waals surface area contributed by atoms with Crippen molar-refractivity contribution in [1.82, 2.24) is 25.1 Å². The van der Waals surface area contributed by atoms with E-state index in [1.807, 2.05) is 0 Å². The number of hydrogen-bond donors (Lipinski definition) is 5. The fourth-order valence-corrected chi connectivity index (χ4v) is 3.61. The van der Waals surface area contributed by atoms with E-state index < -0.39 is 24.5 Å². The van der Waals surface area contributed by atoms with Crippen molar-refractivity contribution < 1.29 is 14.9 Å². The van der Waals surface area contributed by atoms with Crippen LogP contribution in [0.1, 0.15) is 0 Å². The number of H-pyrrole nitrogens is 1. The third-order valence-corrected chi connectivity index (χ3v) is 4.94. The Balaban J connectivity index is 1.48. The van der Waals surface area contributed by atoms with Crippen LogP contribution in [0.15, 0.2) is 17.8 Å². The molecule has 2 aliphatic rings. The van der Waals surface area contributed by atoms with Crippen molar-refractivity contribution in [2.75, 3.05) is 28.4 Å². The summed E-state index contributed by atoms with van der Waals surface area (Å²) in [5, 5.41) is 30.8. The van der Waals surface area contributed by atoms with E-state index in [1.54, 1.807) is 4.90 Å². The quantitative estimate of drug-likeness (QED) is 0.412. The lowest BCUT2D eigenvalue weighted by Gasteiger charge is -2.26. The third kappa shape index (κ3) is 2.53. The molecule has 0 saturated carbocycles. The first-order chi connectivity index (χ1) is 11.6. The van der Waals surface area contributed by atoms with Gasteiger partial charge < -0.3 is 30.9 Å². The lowest BCUT2D eigenvalue weighted by Crippen LogP contribution is -2.44. The minimum atomic E-state index is -1.07. The maximum Gasteiger partial charge on any atom is 0.183 e. The number of ether oxygens (including phenoxy) is 1. The Bertz CT molecular complexity index is 716. The van der Waals surface area contributed by atoms with E-state index in [0.717, 1.165) is 0 Å². The number of aromatic nitrogens is 5. The molecule has 24 heavy (non-hydrogen) atoms. The third-order valence-electron chi connectivity index (χ3n) is 3.98. The number of rotatable bonds is 4. The van der Waals surface area contributed by atoms with E-state index >= 15 is 0 Å². The molecule has 0 aliphatic carbocycles. The van der Waals surface area contributed by atoms with E-state index in [9.17, 15) is 10.2 Å². The van der Waals surface area contributed by atoms with Crippen LogP contribution >= 0.6 is 11.8 Å².